The van der Waals surface area contributed by atoms with Gasteiger partial charge < -0.3 is 20.3 Å². The number of aromatic nitrogens is 4. The predicted octanol–water partition coefficient (Wildman–Crippen LogP) is 6.23. The first-order chi connectivity index (χ1) is 20.4. The van der Waals surface area contributed by atoms with Gasteiger partial charge in [-0.2, -0.15) is 15.1 Å². The van der Waals surface area contributed by atoms with Crippen molar-refractivity contribution < 1.29 is 13.2 Å². The van der Waals surface area contributed by atoms with Crippen LogP contribution >= 0.6 is 0 Å². The number of benzene rings is 1. The molecular formula is C32H45N7O3S. The zero-order valence-corrected chi connectivity index (χ0v) is 27.1. The lowest BCUT2D eigenvalue weighted by atomic mass is 9.80. The Labute approximate surface area is 255 Å². The molecular weight excluding hydrogens is 562 g/mol. The van der Waals surface area contributed by atoms with E-state index in [2.05, 4.69) is 63.9 Å². The maximum Gasteiger partial charge on any atom is 0.231 e. The average molecular weight is 608 g/mol. The number of rotatable bonds is 10. The Bertz CT molecular complexity index is 1620. The van der Waals surface area contributed by atoms with Gasteiger partial charge in [0.2, 0.25) is 5.95 Å². The van der Waals surface area contributed by atoms with Gasteiger partial charge in [0.1, 0.15) is 11.6 Å². The second kappa shape index (κ2) is 12.7. The Hall–Kier alpha value is -3.44. The summed E-state index contributed by atoms with van der Waals surface area (Å²) in [5.74, 6) is 2.12. The number of anilines is 3. The second-order valence-corrected chi connectivity index (χ2v) is 15.0. The zero-order chi connectivity index (χ0) is 30.9. The van der Waals surface area contributed by atoms with Crippen LogP contribution in [0.5, 0.6) is 5.75 Å². The molecule has 0 aliphatic heterocycles. The Balaban J connectivity index is 1.46. The van der Waals surface area contributed by atoms with Crippen molar-refractivity contribution in [2.45, 2.75) is 96.1 Å². The molecule has 43 heavy (non-hydrogen) atoms. The average Bonchev–Trinajstić information content (AvgIpc) is 3.43. The van der Waals surface area contributed by atoms with Gasteiger partial charge in [-0.3, -0.25) is 5.10 Å². The van der Waals surface area contributed by atoms with Crippen LogP contribution in [-0.2, 0) is 9.84 Å². The number of sulfone groups is 1. The third kappa shape index (κ3) is 6.72. The quantitative estimate of drug-likeness (QED) is 0.246. The molecule has 2 heterocycles. The molecule has 1 atom stereocenters. The summed E-state index contributed by atoms with van der Waals surface area (Å²) in [6.07, 6.45) is 12.3. The smallest absolute Gasteiger partial charge is 0.231 e. The van der Waals surface area contributed by atoms with E-state index < -0.39 is 21.1 Å². The third-order valence-electron chi connectivity index (χ3n) is 8.53. The number of nitrogens with one attached hydrogen (secondary N) is 3. The van der Waals surface area contributed by atoms with E-state index in [1.165, 1.54) is 24.0 Å². The summed E-state index contributed by atoms with van der Waals surface area (Å²) >= 11 is 0. The van der Waals surface area contributed by atoms with Gasteiger partial charge in [-0.05, 0) is 116 Å². The standard InChI is InChI=1S/C32H45N7O3S/c1-19(2)42-28-17-24(22-12-14-23(15-13-22)39(6)7)21(5)16-27(28)35-32-36-30(25-18-33-38-31(25)37-32)34-26-10-8-9-11-29(26)43(40,41)20(3)4/h8-9,11,16-20,22-23,26H,10,12-15H2,1-7H3,(H3,33,34,35,36,37,38). The topological polar surface area (TPSA) is 125 Å². The van der Waals surface area contributed by atoms with Crippen molar-refractivity contribution in [3.63, 3.8) is 0 Å². The van der Waals surface area contributed by atoms with Crippen molar-refractivity contribution in [3.05, 3.63) is 52.6 Å². The number of H-pyrrole nitrogens is 1. The molecule has 3 aromatic rings. The molecule has 0 spiro atoms. The van der Waals surface area contributed by atoms with Gasteiger partial charge in [0.05, 0.1) is 39.6 Å². The van der Waals surface area contributed by atoms with Crippen LogP contribution in [0.1, 0.15) is 76.8 Å². The zero-order valence-electron chi connectivity index (χ0n) is 26.3. The fraction of sp³-hybridized carbons (Fsp3) is 0.531. The Kier molecular flexibility index (Phi) is 9.12. The fourth-order valence-corrected chi connectivity index (χ4v) is 7.45. The Morgan fingerprint density at radius 3 is 2.49 bits per heavy atom. The van der Waals surface area contributed by atoms with Gasteiger partial charge in [-0.15, -0.1) is 0 Å². The van der Waals surface area contributed by atoms with Gasteiger partial charge in [0.15, 0.2) is 15.5 Å². The van der Waals surface area contributed by atoms with Crippen LogP contribution in [-0.4, -0.2) is 71.0 Å². The molecule has 10 nitrogen and oxygen atoms in total. The lowest BCUT2D eigenvalue weighted by Gasteiger charge is -2.33. The molecule has 2 aromatic heterocycles. The first-order valence-corrected chi connectivity index (χ1v) is 16.8. The molecule has 5 rings (SSSR count). The van der Waals surface area contributed by atoms with E-state index in [0.717, 1.165) is 24.3 Å². The summed E-state index contributed by atoms with van der Waals surface area (Å²) in [6, 6.07) is 4.50. The Morgan fingerprint density at radius 2 is 1.81 bits per heavy atom. The lowest BCUT2D eigenvalue weighted by molar-refractivity contribution is 0.215. The molecule has 1 unspecified atom stereocenters. The molecule has 0 bridgehead atoms. The maximum absolute atomic E-state index is 13.1. The number of nitrogens with zero attached hydrogens (tertiary/aromatic N) is 4. The van der Waals surface area contributed by atoms with Crippen LogP contribution in [0.3, 0.4) is 0 Å². The molecule has 2 aliphatic carbocycles. The van der Waals surface area contributed by atoms with Gasteiger partial charge >= 0.3 is 0 Å². The van der Waals surface area contributed by atoms with Gasteiger partial charge in [-0.1, -0.05) is 12.2 Å². The summed E-state index contributed by atoms with van der Waals surface area (Å²) in [5, 5.41) is 14.1. The first-order valence-electron chi connectivity index (χ1n) is 15.3. The van der Waals surface area contributed by atoms with E-state index in [4.69, 9.17) is 9.72 Å². The van der Waals surface area contributed by atoms with Crippen molar-refractivity contribution in [1.29, 1.82) is 0 Å². The summed E-state index contributed by atoms with van der Waals surface area (Å²) in [5.41, 5.74) is 3.86. The van der Waals surface area contributed by atoms with Crippen molar-refractivity contribution >= 4 is 38.3 Å². The number of allylic oxidation sites excluding steroid dienone is 2. The number of hydrogen-bond donors (Lipinski definition) is 3. The highest BCUT2D eigenvalue weighted by molar-refractivity contribution is 7.95. The molecule has 1 fully saturated rings. The van der Waals surface area contributed by atoms with Crippen LogP contribution in [0.15, 0.2) is 41.5 Å². The van der Waals surface area contributed by atoms with E-state index in [1.807, 2.05) is 19.9 Å². The SMILES string of the molecule is Cc1cc(Nc2nc(NC3CC=CC=C3S(=O)(=O)C(C)C)c3cn[nH]c3n2)c(OC(C)C)cc1C1CCC(N(C)C)CC1. The molecule has 0 saturated heterocycles. The number of aromatic amines is 1. The largest absolute Gasteiger partial charge is 0.489 e. The fourth-order valence-electron chi connectivity index (χ4n) is 6.09. The Morgan fingerprint density at radius 1 is 1.07 bits per heavy atom. The summed E-state index contributed by atoms with van der Waals surface area (Å²) < 4.78 is 32.6. The number of fused-ring (bicyclic) bond motifs is 1. The predicted molar refractivity (Wildman–Crippen MR) is 174 cm³/mol. The summed E-state index contributed by atoms with van der Waals surface area (Å²) in [4.78, 5) is 12.2. The summed E-state index contributed by atoms with van der Waals surface area (Å²) in [6.45, 7) is 9.60. The molecule has 1 aromatic carbocycles. The monoisotopic (exact) mass is 607 g/mol. The minimum Gasteiger partial charge on any atom is -0.489 e. The van der Waals surface area contributed by atoms with Crippen LogP contribution < -0.4 is 15.4 Å². The third-order valence-corrected chi connectivity index (χ3v) is 10.8. The number of aryl methyl sites for hydroxylation is 1. The van der Waals surface area contributed by atoms with E-state index in [1.54, 1.807) is 32.2 Å². The maximum atomic E-state index is 13.1. The van der Waals surface area contributed by atoms with Gasteiger partial charge in [0, 0.05) is 6.04 Å². The van der Waals surface area contributed by atoms with E-state index in [9.17, 15) is 8.42 Å². The first kappa shape index (κ1) is 31.0. The van der Waals surface area contributed by atoms with Crippen molar-refractivity contribution in [1.82, 2.24) is 25.1 Å². The summed E-state index contributed by atoms with van der Waals surface area (Å²) in [7, 11) is 0.877. The van der Waals surface area contributed by atoms with Crippen LogP contribution in [0.4, 0.5) is 17.5 Å². The molecule has 3 N–H and O–H groups in total. The molecule has 2 aliphatic rings. The molecule has 0 amide bonds. The number of ether oxygens (including phenoxy) is 1. The molecule has 11 heteroatoms. The minimum atomic E-state index is -3.46. The normalized spacial score (nSPS) is 21.1. The van der Waals surface area contributed by atoms with Crippen molar-refractivity contribution in [2.75, 3.05) is 24.7 Å². The van der Waals surface area contributed by atoms with E-state index in [-0.39, 0.29) is 6.10 Å². The van der Waals surface area contributed by atoms with Gasteiger partial charge in [-0.25, -0.2) is 8.42 Å². The van der Waals surface area contributed by atoms with Crippen LogP contribution in [0.2, 0.25) is 0 Å². The molecule has 1 saturated carbocycles. The highest BCUT2D eigenvalue weighted by atomic mass is 32.2. The van der Waals surface area contributed by atoms with Gasteiger partial charge in [0.25, 0.3) is 0 Å². The highest BCUT2D eigenvalue weighted by Crippen LogP contribution is 2.40. The van der Waals surface area contributed by atoms with E-state index >= 15 is 0 Å². The van der Waals surface area contributed by atoms with Crippen LogP contribution in [0, 0.1) is 6.92 Å². The lowest BCUT2D eigenvalue weighted by Crippen LogP contribution is -2.31. The van der Waals surface area contributed by atoms with Crippen LogP contribution in [0.25, 0.3) is 11.0 Å². The molecule has 232 valence electrons. The second-order valence-electron chi connectivity index (χ2n) is 12.5. The van der Waals surface area contributed by atoms with Crippen molar-refractivity contribution in [2.24, 2.45) is 0 Å². The molecule has 0 radical (unpaired) electrons. The number of hydrogen-bond acceptors (Lipinski definition) is 9. The minimum absolute atomic E-state index is 0.0127. The van der Waals surface area contributed by atoms with Crippen molar-refractivity contribution in [3.8, 4) is 5.75 Å². The van der Waals surface area contributed by atoms with E-state index in [0.29, 0.717) is 46.1 Å². The highest BCUT2D eigenvalue weighted by Gasteiger charge is 2.31.